The molecule has 1 aromatic carbocycles. The molecule has 0 saturated carbocycles. The molecule has 2 atom stereocenters. The SMILES string of the molecule is CC[NH+]1CCC[C@@H]1CN(Cc1nn(C)cc1Cl)C(=O)c1cc2ccccc2s1. The second-order valence-electron chi connectivity index (χ2n) is 7.53. The van der Waals surface area contributed by atoms with E-state index in [-0.39, 0.29) is 5.91 Å². The number of amides is 1. The molecule has 3 heterocycles. The molecule has 7 heteroatoms. The van der Waals surface area contributed by atoms with Gasteiger partial charge in [0.25, 0.3) is 5.91 Å². The van der Waals surface area contributed by atoms with E-state index in [9.17, 15) is 4.79 Å². The number of fused-ring (bicyclic) bond motifs is 1. The van der Waals surface area contributed by atoms with Crippen LogP contribution < -0.4 is 4.90 Å². The van der Waals surface area contributed by atoms with Crippen LogP contribution in [0.5, 0.6) is 0 Å². The number of likely N-dealkylation sites (N-methyl/N-ethyl adjacent to an activating group) is 1. The minimum atomic E-state index is 0.0743. The lowest BCUT2D eigenvalue weighted by atomic mass is 10.2. The molecule has 3 aromatic rings. The van der Waals surface area contributed by atoms with Crippen LogP contribution in [-0.2, 0) is 13.6 Å². The molecule has 1 N–H and O–H groups in total. The highest BCUT2D eigenvalue weighted by Crippen LogP contribution is 2.27. The zero-order valence-corrected chi connectivity index (χ0v) is 17.9. The average molecular weight is 418 g/mol. The van der Waals surface area contributed by atoms with E-state index in [1.165, 1.54) is 13.0 Å². The number of rotatable bonds is 6. The molecule has 1 aliphatic rings. The normalized spacial score (nSPS) is 19.4. The number of quaternary nitrogens is 1. The monoisotopic (exact) mass is 417 g/mol. The van der Waals surface area contributed by atoms with Crippen molar-refractivity contribution in [1.82, 2.24) is 14.7 Å². The van der Waals surface area contributed by atoms with Gasteiger partial charge in [-0.15, -0.1) is 11.3 Å². The van der Waals surface area contributed by atoms with Gasteiger partial charge in [-0.05, 0) is 24.4 Å². The zero-order valence-electron chi connectivity index (χ0n) is 16.3. The van der Waals surface area contributed by atoms with Gasteiger partial charge in [0.1, 0.15) is 11.7 Å². The minimum Gasteiger partial charge on any atom is -0.331 e. The maximum Gasteiger partial charge on any atom is 0.264 e. The topological polar surface area (TPSA) is 42.6 Å². The molecule has 0 radical (unpaired) electrons. The number of nitrogens with zero attached hydrogens (tertiary/aromatic N) is 3. The van der Waals surface area contributed by atoms with Crippen molar-refractivity contribution < 1.29 is 9.69 Å². The number of thiophene rings is 1. The summed E-state index contributed by atoms with van der Waals surface area (Å²) in [5.41, 5.74) is 0.759. The lowest BCUT2D eigenvalue weighted by Gasteiger charge is -2.27. The van der Waals surface area contributed by atoms with Crippen LogP contribution in [0.1, 0.15) is 35.1 Å². The molecule has 1 amide bonds. The predicted octanol–water partition coefficient (Wildman–Crippen LogP) is 3.00. The number of halogens is 1. The Morgan fingerprint density at radius 3 is 2.96 bits per heavy atom. The Balaban J connectivity index is 1.62. The van der Waals surface area contributed by atoms with Crippen LogP contribution in [0.4, 0.5) is 0 Å². The first-order valence-electron chi connectivity index (χ1n) is 9.85. The molecule has 2 aromatic heterocycles. The van der Waals surface area contributed by atoms with Crippen LogP contribution in [0.2, 0.25) is 5.02 Å². The first-order chi connectivity index (χ1) is 13.5. The fourth-order valence-electron chi connectivity index (χ4n) is 4.19. The summed E-state index contributed by atoms with van der Waals surface area (Å²) in [6.07, 6.45) is 4.18. The maximum absolute atomic E-state index is 13.5. The summed E-state index contributed by atoms with van der Waals surface area (Å²) in [5.74, 6) is 0.0743. The van der Waals surface area contributed by atoms with Gasteiger partial charge in [-0.1, -0.05) is 29.8 Å². The number of hydrogen-bond acceptors (Lipinski definition) is 3. The van der Waals surface area contributed by atoms with Gasteiger partial charge in [-0.3, -0.25) is 9.48 Å². The molecule has 4 rings (SSSR count). The number of likely N-dealkylation sites (tertiary alicyclic amines) is 1. The standard InChI is InChI=1S/C21H25ClN4OS/c1-3-25-10-6-8-16(25)12-26(14-18-17(22)13-24(2)23-18)21(27)20-11-15-7-4-5-9-19(15)28-20/h4-5,7,9,11,13,16H,3,6,8,10,12,14H2,1-2H3/p+1/t16-/m1/s1. The van der Waals surface area contributed by atoms with Gasteiger partial charge >= 0.3 is 0 Å². The van der Waals surface area contributed by atoms with E-state index < -0.39 is 0 Å². The van der Waals surface area contributed by atoms with Gasteiger partial charge < -0.3 is 9.80 Å². The highest BCUT2D eigenvalue weighted by molar-refractivity contribution is 7.20. The summed E-state index contributed by atoms with van der Waals surface area (Å²) in [6, 6.07) is 10.6. The van der Waals surface area contributed by atoms with Crippen molar-refractivity contribution in [2.24, 2.45) is 7.05 Å². The first kappa shape index (κ1) is 19.4. The van der Waals surface area contributed by atoms with Crippen LogP contribution >= 0.6 is 22.9 Å². The molecule has 1 saturated heterocycles. The molecule has 1 aliphatic heterocycles. The Morgan fingerprint density at radius 2 is 2.25 bits per heavy atom. The van der Waals surface area contributed by atoms with Crippen molar-refractivity contribution >= 4 is 38.9 Å². The van der Waals surface area contributed by atoms with E-state index >= 15 is 0 Å². The third-order valence-electron chi connectivity index (χ3n) is 5.64. The molecule has 0 spiro atoms. The third-order valence-corrected chi connectivity index (χ3v) is 7.06. The van der Waals surface area contributed by atoms with E-state index in [0.717, 1.165) is 40.2 Å². The second-order valence-corrected chi connectivity index (χ2v) is 9.02. The number of aryl methyl sites for hydroxylation is 1. The molecule has 1 unspecified atom stereocenters. The van der Waals surface area contributed by atoms with E-state index in [1.807, 2.05) is 30.1 Å². The predicted molar refractivity (Wildman–Crippen MR) is 114 cm³/mol. The largest absolute Gasteiger partial charge is 0.331 e. The molecular weight excluding hydrogens is 392 g/mol. The van der Waals surface area contributed by atoms with Crippen LogP contribution in [-0.4, -0.2) is 46.3 Å². The molecule has 148 valence electrons. The van der Waals surface area contributed by atoms with Crippen molar-refractivity contribution in [2.75, 3.05) is 19.6 Å². The summed E-state index contributed by atoms with van der Waals surface area (Å²) in [4.78, 5) is 17.8. The minimum absolute atomic E-state index is 0.0743. The van der Waals surface area contributed by atoms with Crippen LogP contribution in [0.15, 0.2) is 36.5 Å². The van der Waals surface area contributed by atoms with Crippen molar-refractivity contribution in [1.29, 1.82) is 0 Å². The number of carbonyl (C=O) groups is 1. The van der Waals surface area contributed by atoms with Crippen molar-refractivity contribution in [3.63, 3.8) is 0 Å². The van der Waals surface area contributed by atoms with Gasteiger partial charge in [-0.2, -0.15) is 5.10 Å². The number of carbonyl (C=O) groups excluding carboxylic acids is 1. The summed E-state index contributed by atoms with van der Waals surface area (Å²) >= 11 is 7.91. The van der Waals surface area contributed by atoms with E-state index in [0.29, 0.717) is 17.6 Å². The third kappa shape index (κ3) is 3.95. The summed E-state index contributed by atoms with van der Waals surface area (Å²) in [7, 11) is 1.85. The van der Waals surface area contributed by atoms with E-state index in [4.69, 9.17) is 11.6 Å². The Hall–Kier alpha value is -1.89. The van der Waals surface area contributed by atoms with Gasteiger partial charge in [-0.25, -0.2) is 0 Å². The lowest BCUT2D eigenvalue weighted by Crippen LogP contribution is -3.14. The van der Waals surface area contributed by atoms with Crippen molar-refractivity contribution in [3.05, 3.63) is 52.1 Å². The van der Waals surface area contributed by atoms with Crippen LogP contribution in [0.3, 0.4) is 0 Å². The summed E-state index contributed by atoms with van der Waals surface area (Å²) in [6.45, 7) is 5.70. The highest BCUT2D eigenvalue weighted by Gasteiger charge is 2.32. The Bertz CT molecular complexity index is 949. The first-order valence-corrected chi connectivity index (χ1v) is 11.0. The number of aromatic nitrogens is 2. The number of nitrogens with one attached hydrogen (secondary N) is 1. The summed E-state index contributed by atoms with van der Waals surface area (Å²) < 4.78 is 2.85. The highest BCUT2D eigenvalue weighted by atomic mass is 35.5. The van der Waals surface area contributed by atoms with Crippen molar-refractivity contribution in [2.45, 2.75) is 32.4 Å². The average Bonchev–Trinajstić information content (AvgIpc) is 3.39. The molecule has 5 nitrogen and oxygen atoms in total. The second kappa shape index (κ2) is 8.23. The van der Waals surface area contributed by atoms with Gasteiger partial charge in [0.05, 0.1) is 36.1 Å². The molecule has 1 fully saturated rings. The van der Waals surface area contributed by atoms with E-state index in [2.05, 4.69) is 24.2 Å². The number of hydrogen-bond donors (Lipinski definition) is 1. The van der Waals surface area contributed by atoms with Crippen molar-refractivity contribution in [3.8, 4) is 0 Å². The fourth-order valence-corrected chi connectivity index (χ4v) is 5.46. The zero-order chi connectivity index (χ0) is 19.7. The Kier molecular flexibility index (Phi) is 5.71. The molecule has 0 bridgehead atoms. The molecule has 28 heavy (non-hydrogen) atoms. The number of benzene rings is 1. The van der Waals surface area contributed by atoms with E-state index in [1.54, 1.807) is 27.1 Å². The Morgan fingerprint density at radius 1 is 1.43 bits per heavy atom. The van der Waals surface area contributed by atoms with Gasteiger partial charge in [0.15, 0.2) is 0 Å². The van der Waals surface area contributed by atoms with Gasteiger partial charge in [0.2, 0.25) is 0 Å². The Labute approximate surface area is 174 Å². The fraction of sp³-hybridized carbons (Fsp3) is 0.429. The van der Waals surface area contributed by atoms with Crippen LogP contribution in [0, 0.1) is 0 Å². The van der Waals surface area contributed by atoms with Crippen LogP contribution in [0.25, 0.3) is 10.1 Å². The lowest BCUT2D eigenvalue weighted by molar-refractivity contribution is -0.909. The van der Waals surface area contributed by atoms with Gasteiger partial charge in [0, 0.05) is 30.8 Å². The molecule has 0 aliphatic carbocycles. The summed E-state index contributed by atoms with van der Waals surface area (Å²) in [5, 5.41) is 6.20. The molecular formula is C21H26ClN4OS+. The maximum atomic E-state index is 13.5. The smallest absolute Gasteiger partial charge is 0.264 e. The quantitative estimate of drug-likeness (QED) is 0.670.